The number of fused-ring (bicyclic) bond motifs is 1. The molecule has 2 heterocycles. The van der Waals surface area contributed by atoms with Gasteiger partial charge in [0.2, 0.25) is 0 Å². The monoisotopic (exact) mass is 339 g/mol. The molecule has 0 radical (unpaired) electrons. The van der Waals surface area contributed by atoms with Gasteiger partial charge in [0.25, 0.3) is 0 Å². The van der Waals surface area contributed by atoms with Gasteiger partial charge in [-0.15, -0.1) is 0 Å². The molecule has 25 heavy (non-hydrogen) atoms. The second-order valence-corrected chi connectivity index (χ2v) is 6.64. The normalized spacial score (nSPS) is 18.2. The maximum absolute atomic E-state index is 14.7. The van der Waals surface area contributed by atoms with Crippen molar-refractivity contribution in [3.05, 3.63) is 53.8 Å². The van der Waals surface area contributed by atoms with Gasteiger partial charge in [-0.3, -0.25) is 4.90 Å². The maximum Gasteiger partial charge on any atom is 0.141 e. The lowest BCUT2D eigenvalue weighted by Gasteiger charge is -2.23. The number of methoxy groups -OCH3 is 1. The van der Waals surface area contributed by atoms with Crippen LogP contribution in [0.1, 0.15) is 18.4 Å². The molecule has 0 aliphatic carbocycles. The molecule has 1 fully saturated rings. The first-order chi connectivity index (χ1) is 12.2. The molecule has 1 N–H and O–H groups in total. The lowest BCUT2D eigenvalue weighted by molar-refractivity contribution is 0.112. The van der Waals surface area contributed by atoms with Crippen LogP contribution in [0.25, 0.3) is 22.4 Å². The first-order valence-electron chi connectivity index (χ1n) is 8.71. The predicted molar refractivity (Wildman–Crippen MR) is 96.8 cm³/mol. The third-order valence-electron chi connectivity index (χ3n) is 4.92. The Morgan fingerprint density at radius 3 is 2.96 bits per heavy atom. The lowest BCUT2D eigenvalue weighted by atomic mass is 10.1. The summed E-state index contributed by atoms with van der Waals surface area (Å²) in [5.41, 5.74) is 3.26. The zero-order chi connectivity index (χ0) is 17.2. The molecular formula is C20H22FN3O. The number of halogens is 1. The molecule has 1 atom stereocenters. The van der Waals surface area contributed by atoms with Crippen molar-refractivity contribution in [2.45, 2.75) is 25.4 Å². The predicted octanol–water partition coefficient (Wildman–Crippen LogP) is 3.98. The Balaban J connectivity index is 1.56. The number of likely N-dealkylation sites (tertiary alicyclic amines) is 1. The van der Waals surface area contributed by atoms with E-state index in [0.29, 0.717) is 17.4 Å². The Kier molecular flexibility index (Phi) is 4.51. The summed E-state index contributed by atoms with van der Waals surface area (Å²) in [4.78, 5) is 10.1. The fourth-order valence-corrected chi connectivity index (χ4v) is 3.65. The number of aromatic nitrogens is 2. The second-order valence-electron chi connectivity index (χ2n) is 6.64. The highest BCUT2D eigenvalue weighted by atomic mass is 19.1. The average molecular weight is 339 g/mol. The minimum absolute atomic E-state index is 0.237. The average Bonchev–Trinajstić information content (AvgIpc) is 3.22. The smallest absolute Gasteiger partial charge is 0.141 e. The van der Waals surface area contributed by atoms with Gasteiger partial charge in [0, 0.05) is 19.7 Å². The van der Waals surface area contributed by atoms with Crippen LogP contribution in [0.15, 0.2) is 42.5 Å². The molecule has 3 aromatic rings. The van der Waals surface area contributed by atoms with Gasteiger partial charge in [0.15, 0.2) is 0 Å². The fraction of sp³-hybridized carbons (Fsp3) is 0.350. The summed E-state index contributed by atoms with van der Waals surface area (Å²) in [5.74, 6) is 0.336. The number of benzene rings is 2. The molecule has 130 valence electrons. The van der Waals surface area contributed by atoms with Crippen LogP contribution in [0.3, 0.4) is 0 Å². The summed E-state index contributed by atoms with van der Waals surface area (Å²) >= 11 is 0. The van der Waals surface area contributed by atoms with Crippen molar-refractivity contribution in [1.29, 1.82) is 0 Å². The number of rotatable bonds is 5. The van der Waals surface area contributed by atoms with Gasteiger partial charge in [-0.2, -0.15) is 0 Å². The number of aromatic amines is 1. The molecule has 0 unspecified atom stereocenters. The van der Waals surface area contributed by atoms with E-state index in [1.807, 2.05) is 36.4 Å². The standard InChI is InChI=1S/C20H22FN3O/c1-25-13-15-5-4-10-24(15)12-14-8-9-16(17(21)11-14)20-22-18-6-2-3-7-19(18)23-20/h2-3,6-9,11,15H,4-5,10,12-13H2,1H3,(H,22,23)/t15-/m0/s1. The molecule has 5 heteroatoms. The van der Waals surface area contributed by atoms with E-state index in [9.17, 15) is 4.39 Å². The number of hydrogen-bond acceptors (Lipinski definition) is 3. The van der Waals surface area contributed by atoms with Crippen LogP contribution in [-0.4, -0.2) is 41.2 Å². The van der Waals surface area contributed by atoms with Gasteiger partial charge in [-0.05, 0) is 49.2 Å². The van der Waals surface area contributed by atoms with Crippen molar-refractivity contribution in [2.75, 3.05) is 20.3 Å². The number of imidazole rings is 1. The number of H-pyrrole nitrogens is 1. The Bertz CT molecular complexity index is 843. The zero-order valence-corrected chi connectivity index (χ0v) is 14.3. The molecule has 0 saturated carbocycles. The van der Waals surface area contributed by atoms with Gasteiger partial charge < -0.3 is 9.72 Å². The Labute approximate surface area is 146 Å². The molecule has 1 aromatic heterocycles. The van der Waals surface area contributed by atoms with E-state index < -0.39 is 0 Å². The van der Waals surface area contributed by atoms with Crippen molar-refractivity contribution >= 4 is 11.0 Å². The van der Waals surface area contributed by atoms with Gasteiger partial charge in [0.05, 0.1) is 23.2 Å². The van der Waals surface area contributed by atoms with E-state index >= 15 is 0 Å². The first kappa shape index (κ1) is 16.2. The quantitative estimate of drug-likeness (QED) is 0.764. The molecule has 2 aromatic carbocycles. The summed E-state index contributed by atoms with van der Waals surface area (Å²) in [6, 6.07) is 13.6. The number of hydrogen-bond donors (Lipinski definition) is 1. The Morgan fingerprint density at radius 2 is 2.16 bits per heavy atom. The summed E-state index contributed by atoms with van der Waals surface area (Å²) in [5, 5.41) is 0. The Hall–Kier alpha value is -2.24. The molecule has 0 amide bonds. The summed E-state index contributed by atoms with van der Waals surface area (Å²) in [6.07, 6.45) is 2.32. The third-order valence-corrected chi connectivity index (χ3v) is 4.92. The molecule has 0 bridgehead atoms. The number of ether oxygens (including phenoxy) is 1. The highest BCUT2D eigenvalue weighted by Gasteiger charge is 2.24. The minimum Gasteiger partial charge on any atom is -0.383 e. The largest absolute Gasteiger partial charge is 0.383 e. The zero-order valence-electron chi connectivity index (χ0n) is 14.3. The van der Waals surface area contributed by atoms with Crippen LogP contribution in [0.5, 0.6) is 0 Å². The third kappa shape index (κ3) is 3.30. The van der Waals surface area contributed by atoms with Gasteiger partial charge in [0.1, 0.15) is 11.6 Å². The highest BCUT2D eigenvalue weighted by molar-refractivity contribution is 5.79. The van der Waals surface area contributed by atoms with E-state index in [1.54, 1.807) is 13.2 Å². The first-order valence-corrected chi connectivity index (χ1v) is 8.71. The molecule has 1 saturated heterocycles. The van der Waals surface area contributed by atoms with Crippen molar-refractivity contribution in [2.24, 2.45) is 0 Å². The van der Waals surface area contributed by atoms with Gasteiger partial charge >= 0.3 is 0 Å². The van der Waals surface area contributed by atoms with E-state index in [-0.39, 0.29) is 5.82 Å². The number of nitrogens with zero attached hydrogens (tertiary/aromatic N) is 2. The topological polar surface area (TPSA) is 41.1 Å². The lowest BCUT2D eigenvalue weighted by Crippen LogP contribution is -2.32. The van der Waals surface area contributed by atoms with Gasteiger partial charge in [-0.25, -0.2) is 9.37 Å². The summed E-state index contributed by atoms with van der Waals surface area (Å²) in [6.45, 7) is 2.53. The van der Waals surface area contributed by atoms with Crippen LogP contribution >= 0.6 is 0 Å². The molecule has 1 aliphatic heterocycles. The van der Waals surface area contributed by atoms with E-state index in [2.05, 4.69) is 14.9 Å². The highest BCUT2D eigenvalue weighted by Crippen LogP contribution is 2.26. The maximum atomic E-state index is 14.7. The van der Waals surface area contributed by atoms with Crippen molar-refractivity contribution in [3.8, 4) is 11.4 Å². The van der Waals surface area contributed by atoms with E-state index in [1.165, 1.54) is 6.42 Å². The van der Waals surface area contributed by atoms with Crippen LogP contribution in [-0.2, 0) is 11.3 Å². The van der Waals surface area contributed by atoms with Crippen LogP contribution in [0.4, 0.5) is 4.39 Å². The summed E-state index contributed by atoms with van der Waals surface area (Å²) in [7, 11) is 1.73. The van der Waals surface area contributed by atoms with E-state index in [4.69, 9.17) is 4.74 Å². The molecular weight excluding hydrogens is 317 g/mol. The number of nitrogens with one attached hydrogen (secondary N) is 1. The van der Waals surface area contributed by atoms with Crippen LogP contribution in [0, 0.1) is 5.82 Å². The van der Waals surface area contributed by atoms with E-state index in [0.717, 1.165) is 42.7 Å². The summed E-state index contributed by atoms with van der Waals surface area (Å²) < 4.78 is 20.0. The van der Waals surface area contributed by atoms with Crippen LogP contribution < -0.4 is 0 Å². The fourth-order valence-electron chi connectivity index (χ4n) is 3.65. The van der Waals surface area contributed by atoms with Crippen molar-refractivity contribution in [3.63, 3.8) is 0 Å². The van der Waals surface area contributed by atoms with Gasteiger partial charge in [-0.1, -0.05) is 18.2 Å². The van der Waals surface area contributed by atoms with Crippen LogP contribution in [0.2, 0.25) is 0 Å². The molecule has 1 aliphatic rings. The van der Waals surface area contributed by atoms with Crippen molar-refractivity contribution in [1.82, 2.24) is 14.9 Å². The molecule has 0 spiro atoms. The molecule has 4 nitrogen and oxygen atoms in total. The number of para-hydroxylation sites is 2. The Morgan fingerprint density at radius 1 is 1.28 bits per heavy atom. The molecule has 4 rings (SSSR count). The van der Waals surface area contributed by atoms with Crippen molar-refractivity contribution < 1.29 is 9.13 Å². The second kappa shape index (κ2) is 6.94. The minimum atomic E-state index is -0.237. The SMILES string of the molecule is COC[C@@H]1CCCN1Cc1ccc(-c2nc3ccccc3[nH]2)c(F)c1.